The summed E-state index contributed by atoms with van der Waals surface area (Å²) in [6.07, 6.45) is 4.77. The van der Waals surface area contributed by atoms with E-state index in [-0.39, 0.29) is 30.3 Å². The van der Waals surface area contributed by atoms with Crippen molar-refractivity contribution in [3.05, 3.63) is 35.9 Å². The lowest BCUT2D eigenvalue weighted by Gasteiger charge is -2.20. The quantitative estimate of drug-likeness (QED) is 0.687. The Morgan fingerprint density at radius 2 is 1.77 bits per heavy atom. The lowest BCUT2D eigenvalue weighted by atomic mass is 10.0. The van der Waals surface area contributed by atoms with Gasteiger partial charge in [-0.25, -0.2) is 0 Å². The molecule has 0 saturated carbocycles. The second kappa shape index (κ2) is 9.98. The fourth-order valence-corrected chi connectivity index (χ4v) is 2.47. The molecule has 0 radical (unpaired) electrons. The fraction of sp³-hybridized carbons (Fsp3) is 0.556. The predicted molar refractivity (Wildman–Crippen MR) is 89.4 cm³/mol. The SMILES string of the molecule is CCCCCC(C)NC(=O)CC(NC(C)=O)c1ccccc1. The number of hydrogen-bond donors (Lipinski definition) is 2. The molecule has 0 heterocycles. The van der Waals surface area contributed by atoms with E-state index in [4.69, 9.17) is 0 Å². The van der Waals surface area contributed by atoms with E-state index in [9.17, 15) is 9.59 Å². The van der Waals surface area contributed by atoms with Gasteiger partial charge in [0.2, 0.25) is 11.8 Å². The Morgan fingerprint density at radius 3 is 2.36 bits per heavy atom. The standard InChI is InChI=1S/C18H28N2O2/c1-4-5-7-10-14(2)19-18(22)13-17(20-15(3)21)16-11-8-6-9-12-16/h6,8-9,11-12,14,17H,4-5,7,10,13H2,1-3H3,(H,19,22)(H,20,21). The van der Waals surface area contributed by atoms with Gasteiger partial charge in [0.1, 0.15) is 0 Å². The van der Waals surface area contributed by atoms with Crippen LogP contribution in [0.3, 0.4) is 0 Å². The summed E-state index contributed by atoms with van der Waals surface area (Å²) >= 11 is 0. The number of benzene rings is 1. The first-order valence-electron chi connectivity index (χ1n) is 8.14. The van der Waals surface area contributed by atoms with Gasteiger partial charge in [-0.1, -0.05) is 56.5 Å². The van der Waals surface area contributed by atoms with Crippen molar-refractivity contribution >= 4 is 11.8 Å². The van der Waals surface area contributed by atoms with Gasteiger partial charge >= 0.3 is 0 Å². The summed E-state index contributed by atoms with van der Waals surface area (Å²) in [5.41, 5.74) is 0.950. The number of rotatable bonds is 9. The topological polar surface area (TPSA) is 58.2 Å². The van der Waals surface area contributed by atoms with E-state index in [1.165, 1.54) is 19.8 Å². The van der Waals surface area contributed by atoms with E-state index < -0.39 is 0 Å². The number of hydrogen-bond acceptors (Lipinski definition) is 2. The van der Waals surface area contributed by atoms with Crippen LogP contribution in [-0.2, 0) is 9.59 Å². The average Bonchev–Trinajstić information content (AvgIpc) is 2.47. The molecule has 2 amide bonds. The maximum absolute atomic E-state index is 12.2. The molecule has 0 aromatic heterocycles. The molecule has 0 bridgehead atoms. The van der Waals surface area contributed by atoms with Gasteiger partial charge in [0.25, 0.3) is 0 Å². The van der Waals surface area contributed by atoms with Crippen molar-refractivity contribution in [1.29, 1.82) is 0 Å². The Kier molecular flexibility index (Phi) is 8.26. The molecule has 22 heavy (non-hydrogen) atoms. The zero-order valence-electron chi connectivity index (χ0n) is 13.9. The normalized spacial score (nSPS) is 13.2. The maximum atomic E-state index is 12.2. The molecule has 0 saturated heterocycles. The molecule has 0 fully saturated rings. The van der Waals surface area contributed by atoms with E-state index >= 15 is 0 Å². The summed E-state index contributed by atoms with van der Waals surface area (Å²) in [6.45, 7) is 5.67. The van der Waals surface area contributed by atoms with E-state index in [2.05, 4.69) is 17.6 Å². The molecule has 1 aromatic carbocycles. The number of nitrogens with one attached hydrogen (secondary N) is 2. The lowest BCUT2D eigenvalue weighted by molar-refractivity contribution is -0.123. The fourth-order valence-electron chi connectivity index (χ4n) is 2.47. The number of amides is 2. The van der Waals surface area contributed by atoms with Crippen molar-refractivity contribution in [3.63, 3.8) is 0 Å². The highest BCUT2D eigenvalue weighted by atomic mass is 16.2. The summed E-state index contributed by atoms with van der Waals surface area (Å²) in [4.78, 5) is 23.6. The van der Waals surface area contributed by atoms with Crippen LogP contribution in [0.15, 0.2) is 30.3 Å². The third kappa shape index (κ3) is 7.25. The molecule has 0 aliphatic heterocycles. The summed E-state index contributed by atoms with van der Waals surface area (Å²) < 4.78 is 0. The van der Waals surface area contributed by atoms with Crippen molar-refractivity contribution < 1.29 is 9.59 Å². The van der Waals surface area contributed by atoms with Gasteiger partial charge in [-0.3, -0.25) is 9.59 Å². The average molecular weight is 304 g/mol. The smallest absolute Gasteiger partial charge is 0.222 e. The molecule has 2 unspecified atom stereocenters. The molecule has 0 aliphatic rings. The zero-order chi connectivity index (χ0) is 16.4. The molecule has 2 N–H and O–H groups in total. The molecule has 1 aromatic rings. The van der Waals surface area contributed by atoms with Gasteiger partial charge in [-0.15, -0.1) is 0 Å². The molecule has 4 heteroatoms. The Hall–Kier alpha value is -1.84. The molecule has 0 aliphatic carbocycles. The zero-order valence-corrected chi connectivity index (χ0v) is 13.9. The van der Waals surface area contributed by atoms with Crippen LogP contribution in [0.5, 0.6) is 0 Å². The predicted octanol–water partition coefficient (Wildman–Crippen LogP) is 3.34. The molecular formula is C18H28N2O2. The van der Waals surface area contributed by atoms with E-state index in [0.717, 1.165) is 18.4 Å². The van der Waals surface area contributed by atoms with Crippen LogP contribution in [0.2, 0.25) is 0 Å². The maximum Gasteiger partial charge on any atom is 0.222 e. The molecule has 4 nitrogen and oxygen atoms in total. The highest BCUT2D eigenvalue weighted by Gasteiger charge is 2.17. The summed E-state index contributed by atoms with van der Waals surface area (Å²) in [7, 11) is 0. The van der Waals surface area contributed by atoms with Crippen molar-refractivity contribution in [3.8, 4) is 0 Å². The second-order valence-electron chi connectivity index (χ2n) is 5.83. The molecule has 2 atom stereocenters. The van der Waals surface area contributed by atoms with Gasteiger partial charge in [0.15, 0.2) is 0 Å². The monoisotopic (exact) mass is 304 g/mol. The summed E-state index contributed by atoms with van der Waals surface area (Å²) in [6, 6.07) is 9.50. The van der Waals surface area contributed by atoms with Crippen LogP contribution in [0.25, 0.3) is 0 Å². The molecule has 1 rings (SSSR count). The molecule has 0 spiro atoms. The minimum absolute atomic E-state index is 0.0217. The van der Waals surface area contributed by atoms with E-state index in [0.29, 0.717) is 0 Å². The van der Waals surface area contributed by atoms with Crippen molar-refractivity contribution in [2.24, 2.45) is 0 Å². The number of carbonyl (C=O) groups is 2. The molecular weight excluding hydrogens is 276 g/mol. The summed E-state index contributed by atoms with van der Waals surface area (Å²) in [5, 5.41) is 5.87. The minimum Gasteiger partial charge on any atom is -0.354 e. The Bertz CT molecular complexity index is 459. The highest BCUT2D eigenvalue weighted by Crippen LogP contribution is 2.16. The Labute approximate surface area is 133 Å². The van der Waals surface area contributed by atoms with Gasteiger partial charge < -0.3 is 10.6 Å². The van der Waals surface area contributed by atoms with Crippen LogP contribution in [0, 0.1) is 0 Å². The van der Waals surface area contributed by atoms with Gasteiger partial charge in [-0.2, -0.15) is 0 Å². The van der Waals surface area contributed by atoms with E-state index in [1.54, 1.807) is 0 Å². The summed E-state index contributed by atoms with van der Waals surface area (Å²) in [5.74, 6) is -0.149. The van der Waals surface area contributed by atoms with Gasteiger partial charge in [0.05, 0.1) is 12.5 Å². The van der Waals surface area contributed by atoms with Crippen LogP contribution in [0.1, 0.15) is 64.5 Å². The Balaban J connectivity index is 2.54. The number of unbranched alkanes of at least 4 members (excludes halogenated alkanes) is 2. The second-order valence-corrected chi connectivity index (χ2v) is 5.83. The minimum atomic E-state index is -0.276. The first kappa shape index (κ1) is 18.2. The third-order valence-electron chi connectivity index (χ3n) is 3.62. The van der Waals surface area contributed by atoms with Gasteiger partial charge in [-0.05, 0) is 18.9 Å². The van der Waals surface area contributed by atoms with Gasteiger partial charge in [0, 0.05) is 13.0 Å². The van der Waals surface area contributed by atoms with Crippen LogP contribution in [-0.4, -0.2) is 17.9 Å². The van der Waals surface area contributed by atoms with E-state index in [1.807, 2.05) is 37.3 Å². The number of carbonyl (C=O) groups excluding carboxylic acids is 2. The van der Waals surface area contributed by atoms with Crippen LogP contribution in [0.4, 0.5) is 0 Å². The van der Waals surface area contributed by atoms with Crippen molar-refractivity contribution in [1.82, 2.24) is 10.6 Å². The van der Waals surface area contributed by atoms with Crippen molar-refractivity contribution in [2.45, 2.75) is 65.0 Å². The highest BCUT2D eigenvalue weighted by molar-refractivity contribution is 5.79. The van der Waals surface area contributed by atoms with Crippen molar-refractivity contribution in [2.75, 3.05) is 0 Å². The first-order valence-corrected chi connectivity index (χ1v) is 8.14. The third-order valence-corrected chi connectivity index (χ3v) is 3.62. The largest absolute Gasteiger partial charge is 0.354 e. The van der Waals surface area contributed by atoms with Crippen LogP contribution >= 0.6 is 0 Å². The molecule has 122 valence electrons. The first-order chi connectivity index (χ1) is 10.5. The Morgan fingerprint density at radius 1 is 1.09 bits per heavy atom. The lowest BCUT2D eigenvalue weighted by Crippen LogP contribution is -2.36. The van der Waals surface area contributed by atoms with Crippen LogP contribution < -0.4 is 10.6 Å².